The molecule has 3 nitrogen and oxygen atoms in total. The van der Waals surface area contributed by atoms with Gasteiger partial charge >= 0.3 is 0 Å². The second kappa shape index (κ2) is 6.37. The Morgan fingerprint density at radius 1 is 1.30 bits per heavy atom. The fraction of sp³-hybridized carbons (Fsp3) is 0.538. The summed E-state index contributed by atoms with van der Waals surface area (Å²) in [5.41, 5.74) is 0. The largest absolute Gasteiger partial charge is 0.246 e. The van der Waals surface area contributed by atoms with E-state index >= 15 is 0 Å². The molecule has 112 valence electrons. The summed E-state index contributed by atoms with van der Waals surface area (Å²) in [4.78, 5) is -0.472. The SMILES string of the molecule is O=S(=O)(c1ccc(F)cc1F)N(CCCCl)C1CCC1. The molecule has 1 fully saturated rings. The first-order valence-corrected chi connectivity index (χ1v) is 8.47. The molecule has 0 heterocycles. The van der Waals surface area contributed by atoms with Crippen molar-refractivity contribution in [1.82, 2.24) is 4.31 Å². The molecule has 1 aromatic carbocycles. The van der Waals surface area contributed by atoms with Crippen molar-refractivity contribution in [2.45, 2.75) is 36.6 Å². The number of sulfonamides is 1. The molecule has 1 aromatic rings. The third-order valence-electron chi connectivity index (χ3n) is 3.47. The van der Waals surface area contributed by atoms with Gasteiger partial charge in [-0.1, -0.05) is 6.42 Å². The average molecular weight is 324 g/mol. The van der Waals surface area contributed by atoms with Crippen LogP contribution in [0.5, 0.6) is 0 Å². The van der Waals surface area contributed by atoms with Crippen LogP contribution in [0.25, 0.3) is 0 Å². The summed E-state index contributed by atoms with van der Waals surface area (Å²) in [6, 6.07) is 2.42. The minimum absolute atomic E-state index is 0.104. The van der Waals surface area contributed by atoms with Gasteiger partial charge in [-0.2, -0.15) is 4.31 Å². The molecule has 0 bridgehead atoms. The molecule has 0 radical (unpaired) electrons. The lowest BCUT2D eigenvalue weighted by Gasteiger charge is -2.36. The van der Waals surface area contributed by atoms with Gasteiger partial charge in [-0.3, -0.25) is 0 Å². The Bertz CT molecular complexity index is 576. The van der Waals surface area contributed by atoms with Crippen molar-refractivity contribution in [3.63, 3.8) is 0 Å². The monoisotopic (exact) mass is 323 g/mol. The third-order valence-corrected chi connectivity index (χ3v) is 5.73. The predicted octanol–water partition coefficient (Wildman–Crippen LogP) is 3.14. The Balaban J connectivity index is 2.33. The Morgan fingerprint density at radius 2 is 2.00 bits per heavy atom. The number of halogens is 3. The molecule has 0 saturated heterocycles. The number of rotatable bonds is 6. The summed E-state index contributed by atoms with van der Waals surface area (Å²) >= 11 is 5.61. The van der Waals surface area contributed by atoms with E-state index in [-0.39, 0.29) is 12.6 Å². The topological polar surface area (TPSA) is 37.4 Å². The average Bonchev–Trinajstić information content (AvgIpc) is 2.31. The van der Waals surface area contributed by atoms with Gasteiger partial charge in [0.1, 0.15) is 16.5 Å². The van der Waals surface area contributed by atoms with Gasteiger partial charge < -0.3 is 0 Å². The van der Waals surface area contributed by atoms with Crippen molar-refractivity contribution >= 4 is 21.6 Å². The van der Waals surface area contributed by atoms with E-state index < -0.39 is 26.6 Å². The van der Waals surface area contributed by atoms with Crippen LogP contribution in [-0.2, 0) is 10.0 Å². The highest BCUT2D eigenvalue weighted by molar-refractivity contribution is 7.89. The van der Waals surface area contributed by atoms with E-state index in [1.807, 2.05) is 0 Å². The second-order valence-electron chi connectivity index (χ2n) is 4.82. The van der Waals surface area contributed by atoms with Crippen LogP contribution in [0.3, 0.4) is 0 Å². The quantitative estimate of drug-likeness (QED) is 0.754. The van der Waals surface area contributed by atoms with Crippen molar-refractivity contribution in [2.24, 2.45) is 0 Å². The minimum atomic E-state index is -3.95. The molecule has 1 aliphatic rings. The van der Waals surface area contributed by atoms with Crippen LogP contribution in [-0.4, -0.2) is 31.2 Å². The van der Waals surface area contributed by atoms with Gasteiger partial charge in [0.2, 0.25) is 10.0 Å². The maximum atomic E-state index is 13.7. The smallest absolute Gasteiger partial charge is 0.207 e. The van der Waals surface area contributed by atoms with Crippen LogP contribution < -0.4 is 0 Å². The summed E-state index contributed by atoms with van der Waals surface area (Å²) in [6.45, 7) is 0.257. The van der Waals surface area contributed by atoms with Crippen LogP contribution in [0.1, 0.15) is 25.7 Å². The summed E-state index contributed by atoms with van der Waals surface area (Å²) in [6.07, 6.45) is 3.00. The molecule has 1 saturated carbocycles. The molecule has 1 aliphatic carbocycles. The molecule has 2 rings (SSSR count). The van der Waals surface area contributed by atoms with Gasteiger partial charge in [0.15, 0.2) is 0 Å². The van der Waals surface area contributed by atoms with E-state index in [4.69, 9.17) is 11.6 Å². The molecule has 0 aromatic heterocycles. The molecule has 7 heteroatoms. The van der Waals surface area contributed by atoms with Crippen LogP contribution in [0.2, 0.25) is 0 Å². The normalized spacial score (nSPS) is 16.4. The van der Waals surface area contributed by atoms with Crippen molar-refractivity contribution in [3.05, 3.63) is 29.8 Å². The zero-order chi connectivity index (χ0) is 14.8. The molecule has 0 spiro atoms. The van der Waals surface area contributed by atoms with Crippen molar-refractivity contribution in [2.75, 3.05) is 12.4 Å². The van der Waals surface area contributed by atoms with E-state index in [1.54, 1.807) is 0 Å². The first kappa shape index (κ1) is 15.7. The predicted molar refractivity (Wildman–Crippen MR) is 73.2 cm³/mol. The Labute approximate surface area is 122 Å². The molecule has 0 unspecified atom stereocenters. The van der Waals surface area contributed by atoms with E-state index in [9.17, 15) is 17.2 Å². The molecule has 20 heavy (non-hydrogen) atoms. The van der Waals surface area contributed by atoms with Crippen molar-refractivity contribution in [3.8, 4) is 0 Å². The number of alkyl halides is 1. The Hall–Kier alpha value is -0.720. The lowest BCUT2D eigenvalue weighted by molar-refractivity contribution is 0.219. The lowest BCUT2D eigenvalue weighted by atomic mass is 9.93. The fourth-order valence-electron chi connectivity index (χ4n) is 2.20. The van der Waals surface area contributed by atoms with Gasteiger partial charge in [-0.15, -0.1) is 11.6 Å². The van der Waals surface area contributed by atoms with E-state index in [2.05, 4.69) is 0 Å². The number of nitrogens with zero attached hydrogens (tertiary/aromatic N) is 1. The second-order valence-corrected chi connectivity index (χ2v) is 7.05. The Morgan fingerprint density at radius 3 is 2.50 bits per heavy atom. The number of hydrogen-bond acceptors (Lipinski definition) is 2. The lowest BCUT2D eigenvalue weighted by Crippen LogP contribution is -2.45. The van der Waals surface area contributed by atoms with E-state index in [0.29, 0.717) is 18.4 Å². The first-order chi connectivity index (χ1) is 9.46. The maximum Gasteiger partial charge on any atom is 0.246 e. The van der Waals surface area contributed by atoms with Gasteiger partial charge in [-0.25, -0.2) is 17.2 Å². The van der Waals surface area contributed by atoms with E-state index in [1.165, 1.54) is 4.31 Å². The van der Waals surface area contributed by atoms with Gasteiger partial charge in [0.25, 0.3) is 0 Å². The minimum Gasteiger partial charge on any atom is -0.207 e. The van der Waals surface area contributed by atoms with Gasteiger partial charge in [-0.05, 0) is 31.4 Å². The molecular weight excluding hydrogens is 308 g/mol. The highest BCUT2D eigenvalue weighted by Gasteiger charge is 2.35. The number of benzene rings is 1. The van der Waals surface area contributed by atoms with Crippen molar-refractivity contribution < 1.29 is 17.2 Å². The summed E-state index contributed by atoms with van der Waals surface area (Å²) < 4.78 is 53.0. The summed E-state index contributed by atoms with van der Waals surface area (Å²) in [5.74, 6) is -1.51. The maximum absolute atomic E-state index is 13.7. The first-order valence-electron chi connectivity index (χ1n) is 6.49. The van der Waals surface area contributed by atoms with Gasteiger partial charge in [0, 0.05) is 24.5 Å². The standard InChI is InChI=1S/C13H16ClF2NO2S/c14-7-2-8-17(11-3-1-4-11)20(18,19)13-6-5-10(15)9-12(13)16/h5-6,9,11H,1-4,7-8H2. The number of hydrogen-bond donors (Lipinski definition) is 0. The highest BCUT2D eigenvalue weighted by Crippen LogP contribution is 2.31. The molecular formula is C13H16ClF2NO2S. The fourth-order valence-corrected chi connectivity index (χ4v) is 4.09. The van der Waals surface area contributed by atoms with Crippen LogP contribution in [0, 0.1) is 11.6 Å². The van der Waals surface area contributed by atoms with Crippen LogP contribution in [0.4, 0.5) is 8.78 Å². The van der Waals surface area contributed by atoms with E-state index in [0.717, 1.165) is 31.4 Å². The summed E-state index contributed by atoms with van der Waals surface area (Å²) in [7, 11) is -3.95. The molecule has 0 N–H and O–H groups in total. The third kappa shape index (κ3) is 3.13. The highest BCUT2D eigenvalue weighted by atomic mass is 35.5. The van der Waals surface area contributed by atoms with Crippen LogP contribution >= 0.6 is 11.6 Å². The zero-order valence-corrected chi connectivity index (χ0v) is 12.4. The molecule has 0 amide bonds. The molecule has 0 atom stereocenters. The zero-order valence-electron chi connectivity index (χ0n) is 10.9. The van der Waals surface area contributed by atoms with Crippen LogP contribution in [0.15, 0.2) is 23.1 Å². The Kier molecular flexibility index (Phi) is 4.99. The molecule has 0 aliphatic heterocycles. The van der Waals surface area contributed by atoms with Gasteiger partial charge in [0.05, 0.1) is 0 Å². The summed E-state index contributed by atoms with van der Waals surface area (Å²) in [5, 5.41) is 0. The van der Waals surface area contributed by atoms with Crippen molar-refractivity contribution in [1.29, 1.82) is 0 Å².